The predicted octanol–water partition coefficient (Wildman–Crippen LogP) is 3.18. The lowest BCUT2D eigenvalue weighted by Crippen LogP contribution is -2.33. The Morgan fingerprint density at radius 3 is 2.79 bits per heavy atom. The Hall–Kier alpha value is -1.50. The van der Waals surface area contributed by atoms with Crippen molar-refractivity contribution in [3.05, 3.63) is 35.5 Å². The van der Waals surface area contributed by atoms with Gasteiger partial charge in [-0.25, -0.2) is 0 Å². The molecule has 28 heavy (non-hydrogen) atoms. The minimum Gasteiger partial charge on any atom is -0.361 e. The summed E-state index contributed by atoms with van der Waals surface area (Å²) in [7, 11) is 2.19. The predicted molar refractivity (Wildman–Crippen MR) is 118 cm³/mol. The van der Waals surface area contributed by atoms with Crippen LogP contribution in [0, 0.1) is 5.92 Å². The molecule has 1 amide bonds. The highest BCUT2D eigenvalue weighted by atomic mass is 32.2. The van der Waals surface area contributed by atoms with Gasteiger partial charge < -0.3 is 15.2 Å². The molecule has 152 valence electrons. The van der Waals surface area contributed by atoms with Crippen LogP contribution in [0.15, 0.2) is 24.4 Å². The number of carbonyl (C=O) groups excluding carboxylic acids is 1. The van der Waals surface area contributed by atoms with Crippen molar-refractivity contribution in [3.63, 3.8) is 0 Å². The van der Waals surface area contributed by atoms with Crippen molar-refractivity contribution < 1.29 is 4.79 Å². The molecular weight excluding hydrogens is 368 g/mol. The molecule has 0 atom stereocenters. The Morgan fingerprint density at radius 2 is 2.00 bits per heavy atom. The lowest BCUT2D eigenvalue weighted by atomic mass is 9.94. The zero-order valence-electron chi connectivity index (χ0n) is 16.9. The number of likely N-dealkylation sites (tertiary alicyclic amines) is 1. The quantitative estimate of drug-likeness (QED) is 0.782. The number of H-pyrrole nitrogens is 1. The van der Waals surface area contributed by atoms with E-state index in [1.807, 2.05) is 23.9 Å². The molecule has 2 aliphatic rings. The first-order chi connectivity index (χ1) is 13.7. The van der Waals surface area contributed by atoms with E-state index < -0.39 is 0 Å². The van der Waals surface area contributed by atoms with Gasteiger partial charge in [-0.2, -0.15) is 11.8 Å². The summed E-state index contributed by atoms with van der Waals surface area (Å²) in [4.78, 5) is 21.2. The SMILES string of the molecule is CN1CCC(CCNC(=O)c2cccc3[nH]cc(CN4CCSCC4)c23)CC1. The van der Waals surface area contributed by atoms with Crippen molar-refractivity contribution in [2.75, 3.05) is 51.3 Å². The summed E-state index contributed by atoms with van der Waals surface area (Å²) < 4.78 is 0. The largest absolute Gasteiger partial charge is 0.361 e. The average Bonchev–Trinajstić information content (AvgIpc) is 3.13. The Morgan fingerprint density at radius 1 is 1.21 bits per heavy atom. The van der Waals surface area contributed by atoms with E-state index in [-0.39, 0.29) is 5.91 Å². The fourth-order valence-electron chi connectivity index (χ4n) is 4.41. The van der Waals surface area contributed by atoms with Gasteiger partial charge in [0.25, 0.3) is 5.91 Å². The van der Waals surface area contributed by atoms with Gasteiger partial charge in [0.1, 0.15) is 0 Å². The zero-order chi connectivity index (χ0) is 19.3. The van der Waals surface area contributed by atoms with Crippen molar-refractivity contribution in [3.8, 4) is 0 Å². The molecule has 2 aromatic rings. The second-order valence-electron chi connectivity index (χ2n) is 8.22. The smallest absolute Gasteiger partial charge is 0.251 e. The molecule has 1 aromatic carbocycles. The van der Waals surface area contributed by atoms with E-state index >= 15 is 0 Å². The monoisotopic (exact) mass is 400 g/mol. The Balaban J connectivity index is 1.40. The van der Waals surface area contributed by atoms with Crippen LogP contribution in [0.2, 0.25) is 0 Å². The van der Waals surface area contributed by atoms with Crippen LogP contribution in [0.1, 0.15) is 35.2 Å². The van der Waals surface area contributed by atoms with Crippen LogP contribution >= 0.6 is 11.8 Å². The first kappa shape index (κ1) is 19.8. The topological polar surface area (TPSA) is 51.4 Å². The van der Waals surface area contributed by atoms with E-state index in [1.54, 1.807) is 0 Å². The summed E-state index contributed by atoms with van der Waals surface area (Å²) in [5.74, 6) is 3.21. The Kier molecular flexibility index (Phi) is 6.60. The van der Waals surface area contributed by atoms with Crippen molar-refractivity contribution in [1.29, 1.82) is 0 Å². The number of aromatic nitrogens is 1. The summed E-state index contributed by atoms with van der Waals surface area (Å²) in [6.07, 6.45) is 5.67. The van der Waals surface area contributed by atoms with E-state index in [0.717, 1.165) is 55.0 Å². The molecule has 6 heteroatoms. The van der Waals surface area contributed by atoms with Crippen molar-refractivity contribution in [2.45, 2.75) is 25.8 Å². The molecule has 5 nitrogen and oxygen atoms in total. The molecular formula is C22H32N4OS. The van der Waals surface area contributed by atoms with Gasteiger partial charge in [0.05, 0.1) is 0 Å². The number of hydrogen-bond donors (Lipinski definition) is 2. The number of carbonyl (C=O) groups is 1. The van der Waals surface area contributed by atoms with Crippen molar-refractivity contribution in [2.24, 2.45) is 5.92 Å². The second kappa shape index (κ2) is 9.33. The average molecular weight is 401 g/mol. The van der Waals surface area contributed by atoms with Crippen LogP contribution in [0.25, 0.3) is 10.9 Å². The van der Waals surface area contributed by atoms with E-state index in [1.165, 1.54) is 43.0 Å². The zero-order valence-corrected chi connectivity index (χ0v) is 17.7. The molecule has 2 aliphatic heterocycles. The number of amides is 1. The number of fused-ring (bicyclic) bond motifs is 1. The van der Waals surface area contributed by atoms with Gasteiger partial charge in [-0.05, 0) is 63.0 Å². The number of aromatic amines is 1. The number of rotatable bonds is 6. The van der Waals surface area contributed by atoms with E-state index in [4.69, 9.17) is 0 Å². The van der Waals surface area contributed by atoms with E-state index in [0.29, 0.717) is 0 Å². The number of benzene rings is 1. The Bertz CT molecular complexity index is 791. The normalized spacial score (nSPS) is 19.9. The van der Waals surface area contributed by atoms with Crippen molar-refractivity contribution >= 4 is 28.6 Å². The van der Waals surface area contributed by atoms with E-state index in [2.05, 4.69) is 39.4 Å². The van der Waals surface area contributed by atoms with Gasteiger partial charge in [0.2, 0.25) is 0 Å². The fraction of sp³-hybridized carbons (Fsp3) is 0.591. The molecule has 0 saturated carbocycles. The van der Waals surface area contributed by atoms with Crippen LogP contribution in [0.5, 0.6) is 0 Å². The van der Waals surface area contributed by atoms with Crippen LogP contribution in [-0.4, -0.2) is 72.0 Å². The molecule has 2 N–H and O–H groups in total. The highest BCUT2D eigenvalue weighted by molar-refractivity contribution is 7.99. The maximum atomic E-state index is 12.9. The third kappa shape index (κ3) is 4.73. The maximum absolute atomic E-state index is 12.9. The van der Waals surface area contributed by atoms with Crippen LogP contribution in [0.3, 0.4) is 0 Å². The molecule has 4 rings (SSSR count). The number of piperidine rings is 1. The number of nitrogens with zero attached hydrogens (tertiary/aromatic N) is 2. The molecule has 0 bridgehead atoms. The highest BCUT2D eigenvalue weighted by Gasteiger charge is 2.19. The number of thioether (sulfide) groups is 1. The molecule has 0 spiro atoms. The summed E-state index contributed by atoms with van der Waals surface area (Å²) in [6.45, 7) is 6.30. The molecule has 0 radical (unpaired) electrons. The van der Waals surface area contributed by atoms with Crippen LogP contribution < -0.4 is 5.32 Å². The molecule has 2 fully saturated rings. The second-order valence-corrected chi connectivity index (χ2v) is 9.45. The van der Waals surface area contributed by atoms with Gasteiger partial charge in [0.15, 0.2) is 0 Å². The van der Waals surface area contributed by atoms with Crippen LogP contribution in [0.4, 0.5) is 0 Å². The summed E-state index contributed by atoms with van der Waals surface area (Å²) in [6, 6.07) is 6.02. The lowest BCUT2D eigenvalue weighted by molar-refractivity contribution is 0.0950. The van der Waals surface area contributed by atoms with Crippen LogP contribution in [-0.2, 0) is 6.54 Å². The molecule has 2 saturated heterocycles. The van der Waals surface area contributed by atoms with Gasteiger partial charge in [-0.1, -0.05) is 6.07 Å². The number of hydrogen-bond acceptors (Lipinski definition) is 4. The van der Waals surface area contributed by atoms with Crippen molar-refractivity contribution in [1.82, 2.24) is 20.1 Å². The van der Waals surface area contributed by atoms with Gasteiger partial charge in [-0.15, -0.1) is 0 Å². The highest BCUT2D eigenvalue weighted by Crippen LogP contribution is 2.25. The standard InChI is InChI=1S/C22H32N4OS/c1-25-9-6-17(7-10-25)5-8-23-22(27)19-3-2-4-20-21(19)18(15-24-20)16-26-11-13-28-14-12-26/h2-4,15,17,24H,5-14,16H2,1H3,(H,23,27). The molecule has 3 heterocycles. The number of nitrogens with one attached hydrogen (secondary N) is 2. The summed E-state index contributed by atoms with van der Waals surface area (Å²) in [5.41, 5.74) is 3.11. The minimum atomic E-state index is 0.0635. The lowest BCUT2D eigenvalue weighted by Gasteiger charge is -2.28. The van der Waals surface area contributed by atoms with E-state index in [9.17, 15) is 4.79 Å². The molecule has 0 aliphatic carbocycles. The summed E-state index contributed by atoms with van der Waals surface area (Å²) >= 11 is 2.03. The third-order valence-electron chi connectivity index (χ3n) is 6.21. The summed E-state index contributed by atoms with van der Waals surface area (Å²) in [5, 5.41) is 4.28. The molecule has 0 unspecified atom stereocenters. The fourth-order valence-corrected chi connectivity index (χ4v) is 5.38. The van der Waals surface area contributed by atoms with Gasteiger partial charge in [0, 0.05) is 60.3 Å². The van der Waals surface area contributed by atoms with Gasteiger partial charge in [-0.3, -0.25) is 9.69 Å². The minimum absolute atomic E-state index is 0.0635. The molecule has 1 aromatic heterocycles. The maximum Gasteiger partial charge on any atom is 0.251 e. The van der Waals surface area contributed by atoms with Gasteiger partial charge >= 0.3 is 0 Å². The third-order valence-corrected chi connectivity index (χ3v) is 7.15. The first-order valence-corrected chi connectivity index (χ1v) is 11.7. The first-order valence-electron chi connectivity index (χ1n) is 10.6. The Labute approximate surface area is 172 Å².